The summed E-state index contributed by atoms with van der Waals surface area (Å²) in [4.78, 5) is 12.2. The van der Waals surface area contributed by atoms with Gasteiger partial charge in [-0.15, -0.1) is 0 Å². The number of unbranched alkanes of at least 4 members (excludes halogenated alkanes) is 2. The van der Waals surface area contributed by atoms with Gasteiger partial charge >= 0.3 is 0 Å². The molecule has 0 saturated carbocycles. The van der Waals surface area contributed by atoms with Crippen molar-refractivity contribution in [2.24, 2.45) is 0 Å². The van der Waals surface area contributed by atoms with E-state index in [-0.39, 0.29) is 17.3 Å². The van der Waals surface area contributed by atoms with Gasteiger partial charge in [0.05, 0.1) is 4.90 Å². The van der Waals surface area contributed by atoms with Gasteiger partial charge in [0.15, 0.2) is 0 Å². The number of nitrogens with one attached hydrogen (secondary N) is 2. The molecule has 0 saturated heterocycles. The van der Waals surface area contributed by atoms with E-state index in [0.717, 1.165) is 30.4 Å². The van der Waals surface area contributed by atoms with E-state index in [9.17, 15) is 13.2 Å². The van der Waals surface area contributed by atoms with Crippen molar-refractivity contribution in [2.75, 3.05) is 6.54 Å². The number of aryl methyl sites for hydroxylation is 1. The highest BCUT2D eigenvalue weighted by Crippen LogP contribution is 2.12. The average Bonchev–Trinajstić information content (AvgIpc) is 2.65. The van der Waals surface area contributed by atoms with Gasteiger partial charge in [-0.05, 0) is 43.2 Å². The fourth-order valence-corrected chi connectivity index (χ4v) is 3.45. The van der Waals surface area contributed by atoms with Gasteiger partial charge in [0, 0.05) is 18.7 Å². The molecule has 0 heterocycles. The number of hydrogen-bond donors (Lipinski definition) is 2. The summed E-state index contributed by atoms with van der Waals surface area (Å²) >= 11 is 0. The Morgan fingerprint density at radius 3 is 2.23 bits per heavy atom. The van der Waals surface area contributed by atoms with Gasteiger partial charge in [0.25, 0.3) is 5.91 Å². The van der Waals surface area contributed by atoms with Crippen molar-refractivity contribution in [1.82, 2.24) is 10.0 Å². The summed E-state index contributed by atoms with van der Waals surface area (Å²) < 4.78 is 27.4. The maximum Gasteiger partial charge on any atom is 0.251 e. The van der Waals surface area contributed by atoms with Crippen molar-refractivity contribution in [2.45, 2.75) is 44.6 Å². The van der Waals surface area contributed by atoms with Crippen LogP contribution in [0.25, 0.3) is 0 Å². The standard InChI is InChI=1S/C20H26N2O3S/c1-3-4-5-14-21-20(23)18-10-12-19(13-11-18)26(24,25)22-15-17-8-6-16(2)7-9-17/h6-13,22H,3-5,14-15H2,1-2H3,(H,21,23). The Hall–Kier alpha value is -2.18. The highest BCUT2D eigenvalue weighted by molar-refractivity contribution is 7.89. The average molecular weight is 375 g/mol. The summed E-state index contributed by atoms with van der Waals surface area (Å²) in [7, 11) is -3.62. The molecule has 2 aromatic carbocycles. The molecule has 2 rings (SSSR count). The SMILES string of the molecule is CCCCCNC(=O)c1ccc(S(=O)(=O)NCc2ccc(C)cc2)cc1. The van der Waals surface area contributed by atoms with E-state index in [1.165, 1.54) is 24.3 Å². The minimum Gasteiger partial charge on any atom is -0.352 e. The first-order valence-corrected chi connectivity index (χ1v) is 10.3. The third-order valence-electron chi connectivity index (χ3n) is 4.08. The molecule has 0 aliphatic carbocycles. The summed E-state index contributed by atoms with van der Waals surface area (Å²) in [5.41, 5.74) is 2.47. The van der Waals surface area contributed by atoms with Crippen LogP contribution in [0.5, 0.6) is 0 Å². The van der Waals surface area contributed by atoms with E-state index in [0.29, 0.717) is 12.1 Å². The second-order valence-electron chi connectivity index (χ2n) is 6.30. The molecular formula is C20H26N2O3S. The number of amides is 1. The molecule has 0 aromatic heterocycles. The van der Waals surface area contributed by atoms with Gasteiger partial charge in [0.2, 0.25) is 10.0 Å². The van der Waals surface area contributed by atoms with Crippen LogP contribution in [-0.2, 0) is 16.6 Å². The molecule has 0 atom stereocenters. The lowest BCUT2D eigenvalue weighted by molar-refractivity contribution is 0.0953. The monoisotopic (exact) mass is 374 g/mol. The highest BCUT2D eigenvalue weighted by Gasteiger charge is 2.14. The Labute approximate surface area is 155 Å². The minimum absolute atomic E-state index is 0.146. The van der Waals surface area contributed by atoms with Crippen molar-refractivity contribution in [3.05, 3.63) is 65.2 Å². The lowest BCUT2D eigenvalue weighted by atomic mass is 10.2. The summed E-state index contributed by atoms with van der Waals surface area (Å²) in [5.74, 6) is -0.183. The third-order valence-corrected chi connectivity index (χ3v) is 5.50. The summed E-state index contributed by atoms with van der Waals surface area (Å²) in [6.07, 6.45) is 3.11. The number of sulfonamides is 1. The van der Waals surface area contributed by atoms with Crippen LogP contribution in [0.15, 0.2) is 53.4 Å². The predicted octanol–water partition coefficient (Wildman–Crippen LogP) is 3.39. The van der Waals surface area contributed by atoms with Crippen molar-refractivity contribution in [3.63, 3.8) is 0 Å². The Balaban J connectivity index is 1.95. The zero-order valence-corrected chi connectivity index (χ0v) is 16.1. The molecule has 26 heavy (non-hydrogen) atoms. The fourth-order valence-electron chi connectivity index (χ4n) is 2.43. The molecule has 2 aromatic rings. The Morgan fingerprint density at radius 2 is 1.62 bits per heavy atom. The number of hydrogen-bond acceptors (Lipinski definition) is 3. The highest BCUT2D eigenvalue weighted by atomic mass is 32.2. The van der Waals surface area contributed by atoms with E-state index < -0.39 is 10.0 Å². The van der Waals surface area contributed by atoms with E-state index in [4.69, 9.17) is 0 Å². The van der Waals surface area contributed by atoms with Crippen LogP contribution in [0.3, 0.4) is 0 Å². The molecule has 0 radical (unpaired) electrons. The molecular weight excluding hydrogens is 348 g/mol. The van der Waals surface area contributed by atoms with Gasteiger partial charge < -0.3 is 5.32 Å². The zero-order chi connectivity index (χ0) is 19.0. The second-order valence-corrected chi connectivity index (χ2v) is 8.06. The first-order valence-electron chi connectivity index (χ1n) is 8.86. The lowest BCUT2D eigenvalue weighted by Gasteiger charge is -2.09. The maximum atomic E-state index is 12.4. The van der Waals surface area contributed by atoms with E-state index in [2.05, 4.69) is 17.0 Å². The van der Waals surface area contributed by atoms with Crippen LogP contribution in [0.1, 0.15) is 47.7 Å². The third kappa shape index (κ3) is 5.97. The molecule has 1 amide bonds. The van der Waals surface area contributed by atoms with E-state index in [1.807, 2.05) is 31.2 Å². The van der Waals surface area contributed by atoms with Crippen LogP contribution in [0.4, 0.5) is 0 Å². The van der Waals surface area contributed by atoms with Crippen molar-refractivity contribution >= 4 is 15.9 Å². The van der Waals surface area contributed by atoms with Gasteiger partial charge in [0.1, 0.15) is 0 Å². The van der Waals surface area contributed by atoms with E-state index in [1.54, 1.807) is 0 Å². The maximum absolute atomic E-state index is 12.4. The molecule has 0 bridgehead atoms. The van der Waals surface area contributed by atoms with Crippen molar-refractivity contribution in [1.29, 1.82) is 0 Å². The van der Waals surface area contributed by atoms with Crippen LogP contribution < -0.4 is 10.0 Å². The Morgan fingerprint density at radius 1 is 0.962 bits per heavy atom. The molecule has 0 aliphatic rings. The van der Waals surface area contributed by atoms with Crippen LogP contribution in [-0.4, -0.2) is 20.9 Å². The molecule has 0 aliphatic heterocycles. The quantitative estimate of drug-likeness (QED) is 0.661. The second kappa shape index (κ2) is 9.50. The molecule has 0 spiro atoms. The number of benzene rings is 2. The summed E-state index contributed by atoms with van der Waals surface area (Å²) in [6.45, 7) is 4.94. The van der Waals surface area contributed by atoms with Gasteiger partial charge in [-0.2, -0.15) is 0 Å². The molecule has 6 heteroatoms. The first-order chi connectivity index (χ1) is 12.4. The predicted molar refractivity (Wildman–Crippen MR) is 104 cm³/mol. The minimum atomic E-state index is -3.62. The summed E-state index contributed by atoms with van der Waals surface area (Å²) in [6, 6.07) is 13.7. The molecule has 0 unspecified atom stereocenters. The number of carbonyl (C=O) groups excluding carboxylic acids is 1. The van der Waals surface area contributed by atoms with E-state index >= 15 is 0 Å². The van der Waals surface area contributed by atoms with Gasteiger partial charge in [-0.3, -0.25) is 4.79 Å². The number of carbonyl (C=O) groups is 1. The van der Waals surface area contributed by atoms with Crippen LogP contribution in [0, 0.1) is 6.92 Å². The smallest absolute Gasteiger partial charge is 0.251 e. The normalized spacial score (nSPS) is 11.3. The molecule has 0 fully saturated rings. The molecule has 2 N–H and O–H groups in total. The Kier molecular flexibility index (Phi) is 7.36. The zero-order valence-electron chi connectivity index (χ0n) is 15.3. The van der Waals surface area contributed by atoms with Crippen LogP contribution >= 0.6 is 0 Å². The van der Waals surface area contributed by atoms with Gasteiger partial charge in [-0.1, -0.05) is 49.6 Å². The Bertz CT molecular complexity index is 813. The summed E-state index contributed by atoms with van der Waals surface area (Å²) in [5, 5.41) is 2.84. The topological polar surface area (TPSA) is 75.3 Å². The fraction of sp³-hybridized carbons (Fsp3) is 0.350. The number of rotatable bonds is 9. The molecule has 140 valence electrons. The van der Waals surface area contributed by atoms with Gasteiger partial charge in [-0.25, -0.2) is 13.1 Å². The largest absolute Gasteiger partial charge is 0.352 e. The molecule has 5 nitrogen and oxygen atoms in total. The van der Waals surface area contributed by atoms with Crippen molar-refractivity contribution in [3.8, 4) is 0 Å². The van der Waals surface area contributed by atoms with Crippen LogP contribution in [0.2, 0.25) is 0 Å². The van der Waals surface area contributed by atoms with Crippen molar-refractivity contribution < 1.29 is 13.2 Å². The first kappa shape index (κ1) is 20.1. The lowest BCUT2D eigenvalue weighted by Crippen LogP contribution is -2.25.